The van der Waals surface area contributed by atoms with Crippen molar-refractivity contribution in [1.82, 2.24) is 5.32 Å². The predicted octanol–water partition coefficient (Wildman–Crippen LogP) is 5.53. The Morgan fingerprint density at radius 3 is 2.09 bits per heavy atom. The third-order valence-electron chi connectivity index (χ3n) is 5.48. The molecule has 6 heteroatoms. The van der Waals surface area contributed by atoms with Crippen molar-refractivity contribution in [2.24, 2.45) is 0 Å². The molecule has 0 aliphatic carbocycles. The monoisotopic (exact) mass is 470 g/mol. The van der Waals surface area contributed by atoms with Gasteiger partial charge in [0.2, 0.25) is 0 Å². The number of carbonyl (C=O) groups excluding carboxylic acids is 3. The van der Waals surface area contributed by atoms with Crippen molar-refractivity contribution in [3.63, 3.8) is 0 Å². The lowest BCUT2D eigenvalue weighted by molar-refractivity contribution is -0.113. The number of hydrogen-bond donors (Lipinski definition) is 2. The largest absolute Gasteiger partial charge is 0.465 e. The van der Waals surface area contributed by atoms with Gasteiger partial charge in [-0.2, -0.15) is 0 Å². The summed E-state index contributed by atoms with van der Waals surface area (Å²) in [5, 5.41) is 5.53. The van der Waals surface area contributed by atoms with E-state index in [4.69, 9.17) is 4.74 Å². The van der Waals surface area contributed by atoms with Crippen LogP contribution in [0.4, 0.5) is 5.69 Å². The number of unbranched alkanes of at least 4 members (excludes halogenated alkanes) is 1. The molecule has 0 fully saturated rings. The van der Waals surface area contributed by atoms with E-state index in [0.29, 0.717) is 16.8 Å². The second-order valence-electron chi connectivity index (χ2n) is 8.25. The van der Waals surface area contributed by atoms with Crippen LogP contribution in [0.1, 0.15) is 57.2 Å². The van der Waals surface area contributed by atoms with Gasteiger partial charge < -0.3 is 15.4 Å². The number of benzene rings is 3. The molecule has 6 nitrogen and oxygen atoms in total. The van der Waals surface area contributed by atoms with Gasteiger partial charge in [-0.15, -0.1) is 0 Å². The zero-order valence-corrected chi connectivity index (χ0v) is 20.3. The minimum atomic E-state index is -0.482. The molecular formula is C29H30N2O4. The molecule has 2 amide bonds. The summed E-state index contributed by atoms with van der Waals surface area (Å²) in [4.78, 5) is 37.7. The first-order chi connectivity index (χ1) is 16.9. The number of amides is 2. The van der Waals surface area contributed by atoms with Crippen LogP contribution in [0.5, 0.6) is 0 Å². The number of methoxy groups -OCH3 is 1. The molecule has 0 bridgehead atoms. The Bertz CT molecular complexity index is 1190. The Kier molecular flexibility index (Phi) is 8.95. The van der Waals surface area contributed by atoms with Gasteiger partial charge in [0.15, 0.2) is 0 Å². The molecule has 0 atom stereocenters. The van der Waals surface area contributed by atoms with Gasteiger partial charge in [-0.1, -0.05) is 55.3 Å². The molecule has 180 valence electrons. The van der Waals surface area contributed by atoms with Crippen molar-refractivity contribution < 1.29 is 19.1 Å². The van der Waals surface area contributed by atoms with E-state index in [1.54, 1.807) is 42.5 Å². The third-order valence-corrected chi connectivity index (χ3v) is 5.48. The Morgan fingerprint density at radius 1 is 0.857 bits per heavy atom. The minimum Gasteiger partial charge on any atom is -0.465 e. The zero-order chi connectivity index (χ0) is 25.2. The van der Waals surface area contributed by atoms with Gasteiger partial charge in [-0.25, -0.2) is 4.79 Å². The van der Waals surface area contributed by atoms with Gasteiger partial charge in [0.1, 0.15) is 5.70 Å². The van der Waals surface area contributed by atoms with Gasteiger partial charge in [0.05, 0.1) is 12.7 Å². The van der Waals surface area contributed by atoms with Crippen LogP contribution in [0.2, 0.25) is 0 Å². The van der Waals surface area contributed by atoms with Crippen LogP contribution in [0.25, 0.3) is 6.08 Å². The van der Waals surface area contributed by atoms with E-state index in [9.17, 15) is 14.4 Å². The van der Waals surface area contributed by atoms with Crippen molar-refractivity contribution in [2.45, 2.75) is 33.1 Å². The van der Waals surface area contributed by atoms with E-state index in [0.717, 1.165) is 30.4 Å². The molecule has 0 aromatic heterocycles. The molecule has 3 aromatic rings. The molecule has 3 rings (SSSR count). The Balaban J connectivity index is 1.80. The van der Waals surface area contributed by atoms with Crippen LogP contribution in [0, 0.1) is 6.92 Å². The summed E-state index contributed by atoms with van der Waals surface area (Å²) in [5.41, 5.74) is 4.46. The molecular weight excluding hydrogens is 440 g/mol. The summed E-state index contributed by atoms with van der Waals surface area (Å²) < 4.78 is 4.70. The van der Waals surface area contributed by atoms with Crippen molar-refractivity contribution in [1.29, 1.82) is 0 Å². The summed E-state index contributed by atoms with van der Waals surface area (Å²) in [6.07, 6.45) is 4.80. The number of aryl methyl sites for hydroxylation is 2. The number of hydrogen-bond acceptors (Lipinski definition) is 4. The van der Waals surface area contributed by atoms with Crippen LogP contribution >= 0.6 is 0 Å². The van der Waals surface area contributed by atoms with E-state index in [1.807, 2.05) is 43.3 Å². The summed E-state index contributed by atoms with van der Waals surface area (Å²) >= 11 is 0. The number of carbonyl (C=O) groups is 3. The number of esters is 1. The highest BCUT2D eigenvalue weighted by Crippen LogP contribution is 2.14. The predicted molar refractivity (Wildman–Crippen MR) is 138 cm³/mol. The van der Waals surface area contributed by atoms with Gasteiger partial charge in [-0.05, 0) is 73.4 Å². The van der Waals surface area contributed by atoms with Crippen LogP contribution in [0.3, 0.4) is 0 Å². The first-order valence-electron chi connectivity index (χ1n) is 11.6. The highest BCUT2D eigenvalue weighted by molar-refractivity contribution is 6.10. The Morgan fingerprint density at radius 2 is 1.49 bits per heavy atom. The summed E-state index contributed by atoms with van der Waals surface area (Å²) in [5.74, 6) is -1.32. The molecule has 0 radical (unpaired) electrons. The average Bonchev–Trinajstić information content (AvgIpc) is 2.88. The average molecular weight is 471 g/mol. The maximum atomic E-state index is 13.1. The van der Waals surface area contributed by atoms with Crippen LogP contribution < -0.4 is 10.6 Å². The molecule has 0 spiro atoms. The first-order valence-corrected chi connectivity index (χ1v) is 11.6. The standard InChI is InChI=1S/C29H30N2O4/c1-4-5-6-21-11-13-23(14-12-21)27(32)31-26(19-22-9-7-20(2)8-10-22)28(33)30-25-17-15-24(16-18-25)29(34)35-3/h7-19H,4-6H2,1-3H3,(H,30,33)(H,31,32)/b26-19-. The molecule has 0 saturated heterocycles. The summed E-state index contributed by atoms with van der Waals surface area (Å²) in [6, 6.07) is 21.4. The molecule has 3 aromatic carbocycles. The lowest BCUT2D eigenvalue weighted by Crippen LogP contribution is -2.30. The fourth-order valence-electron chi connectivity index (χ4n) is 3.39. The van der Waals surface area contributed by atoms with Gasteiger partial charge in [-0.3, -0.25) is 9.59 Å². The molecule has 0 aliphatic rings. The second-order valence-corrected chi connectivity index (χ2v) is 8.25. The maximum absolute atomic E-state index is 13.1. The zero-order valence-electron chi connectivity index (χ0n) is 20.3. The minimum absolute atomic E-state index is 0.103. The highest BCUT2D eigenvalue weighted by atomic mass is 16.5. The van der Waals surface area contributed by atoms with Crippen LogP contribution in [-0.2, 0) is 16.0 Å². The second kappa shape index (κ2) is 12.3. The number of nitrogens with one attached hydrogen (secondary N) is 2. The number of ether oxygens (including phenoxy) is 1. The van der Waals surface area contributed by atoms with Gasteiger partial charge in [0.25, 0.3) is 11.8 Å². The Hall–Kier alpha value is -4.19. The quantitative estimate of drug-likeness (QED) is 0.318. The normalized spacial score (nSPS) is 11.0. The van der Waals surface area contributed by atoms with Crippen LogP contribution in [0.15, 0.2) is 78.5 Å². The maximum Gasteiger partial charge on any atom is 0.337 e. The topological polar surface area (TPSA) is 84.5 Å². The Labute approximate surface area is 206 Å². The molecule has 0 aliphatic heterocycles. The van der Waals surface area contributed by atoms with Gasteiger partial charge in [0, 0.05) is 11.3 Å². The number of rotatable bonds is 9. The fourth-order valence-corrected chi connectivity index (χ4v) is 3.39. The van der Waals surface area contributed by atoms with Crippen molar-refractivity contribution in [3.8, 4) is 0 Å². The van der Waals surface area contributed by atoms with E-state index in [-0.39, 0.29) is 11.6 Å². The molecule has 35 heavy (non-hydrogen) atoms. The molecule has 0 saturated carbocycles. The van der Waals surface area contributed by atoms with E-state index >= 15 is 0 Å². The van der Waals surface area contributed by atoms with Crippen molar-refractivity contribution in [2.75, 3.05) is 12.4 Å². The smallest absolute Gasteiger partial charge is 0.337 e. The fraction of sp³-hybridized carbons (Fsp3) is 0.207. The SMILES string of the molecule is CCCCc1ccc(C(=O)N/C(=C\c2ccc(C)cc2)C(=O)Nc2ccc(C(=O)OC)cc2)cc1. The lowest BCUT2D eigenvalue weighted by atomic mass is 10.1. The number of anilines is 1. The highest BCUT2D eigenvalue weighted by Gasteiger charge is 2.16. The summed E-state index contributed by atoms with van der Waals surface area (Å²) in [7, 11) is 1.31. The molecule has 0 unspecified atom stereocenters. The van der Waals surface area contributed by atoms with Crippen LogP contribution in [-0.4, -0.2) is 24.9 Å². The third kappa shape index (κ3) is 7.40. The van der Waals surface area contributed by atoms with Crippen molar-refractivity contribution >= 4 is 29.5 Å². The first kappa shape index (κ1) is 25.4. The molecule has 2 N–H and O–H groups in total. The van der Waals surface area contributed by atoms with Gasteiger partial charge >= 0.3 is 5.97 Å². The lowest BCUT2D eigenvalue weighted by Gasteiger charge is -2.12. The molecule has 0 heterocycles. The van der Waals surface area contributed by atoms with Crippen molar-refractivity contribution in [3.05, 3.63) is 106 Å². The van der Waals surface area contributed by atoms with E-state index in [2.05, 4.69) is 17.6 Å². The van der Waals surface area contributed by atoms with E-state index < -0.39 is 11.9 Å². The van der Waals surface area contributed by atoms with E-state index in [1.165, 1.54) is 12.7 Å². The summed E-state index contributed by atoms with van der Waals surface area (Å²) in [6.45, 7) is 4.12.